The molecule has 1 aromatic carbocycles. The molecule has 1 N–H and O–H groups in total. The molecule has 0 saturated carbocycles. The lowest BCUT2D eigenvalue weighted by Crippen LogP contribution is -2.48. The molecule has 0 atom stereocenters. The first-order valence-corrected chi connectivity index (χ1v) is 9.12. The van der Waals surface area contributed by atoms with Crippen molar-refractivity contribution in [2.45, 2.75) is 6.18 Å². The molecule has 0 aliphatic carbocycles. The normalized spacial score (nSPS) is 15.9. The third kappa shape index (κ3) is 4.87. The number of rotatable bonds is 4. The predicted octanol–water partition coefficient (Wildman–Crippen LogP) is 3.58. The van der Waals surface area contributed by atoms with Crippen molar-refractivity contribution in [1.29, 1.82) is 0 Å². The van der Waals surface area contributed by atoms with E-state index in [0.717, 1.165) is 16.7 Å². The van der Waals surface area contributed by atoms with Gasteiger partial charge in [0.1, 0.15) is 0 Å². The molecule has 2 heterocycles. The summed E-state index contributed by atoms with van der Waals surface area (Å²) in [4.78, 5) is 19.5. The average Bonchev–Trinajstić information content (AvgIpc) is 3.08. The first-order chi connectivity index (χ1) is 12.3. The number of aromatic nitrogens is 1. The molecule has 3 rings (SSSR count). The maximum Gasteiger partial charge on any atom is 0.434 e. The maximum absolute atomic E-state index is 12.6. The van der Waals surface area contributed by atoms with Gasteiger partial charge < -0.3 is 10.2 Å². The van der Waals surface area contributed by atoms with Crippen LogP contribution in [0, 0.1) is 0 Å². The van der Waals surface area contributed by atoms with Crippen molar-refractivity contribution in [3.05, 3.63) is 40.4 Å². The van der Waals surface area contributed by atoms with E-state index >= 15 is 0 Å². The molecule has 0 bridgehead atoms. The first kappa shape index (κ1) is 18.9. The quantitative estimate of drug-likeness (QED) is 0.846. The van der Waals surface area contributed by atoms with Gasteiger partial charge in [-0.1, -0.05) is 11.6 Å². The number of alkyl halides is 3. The number of hydrogen-bond donors (Lipinski definition) is 1. The highest BCUT2D eigenvalue weighted by Gasteiger charge is 2.34. The number of carbonyl (C=O) groups excluding carboxylic acids is 1. The Morgan fingerprint density at radius 3 is 2.42 bits per heavy atom. The summed E-state index contributed by atoms with van der Waals surface area (Å²) in [6.45, 7) is 2.43. The second-order valence-electron chi connectivity index (χ2n) is 5.83. The predicted molar refractivity (Wildman–Crippen MR) is 95.9 cm³/mol. The number of hydrogen-bond acceptors (Lipinski definition) is 5. The molecular formula is C16H16ClF3N4OS. The second kappa shape index (κ2) is 7.81. The summed E-state index contributed by atoms with van der Waals surface area (Å²) in [6.07, 6.45) is -4.42. The van der Waals surface area contributed by atoms with E-state index in [1.807, 2.05) is 9.80 Å². The summed E-state index contributed by atoms with van der Waals surface area (Å²) in [5.41, 5.74) is -0.192. The Hall–Kier alpha value is -1.84. The molecule has 10 heteroatoms. The Morgan fingerprint density at radius 1 is 1.19 bits per heavy atom. The van der Waals surface area contributed by atoms with Crippen molar-refractivity contribution in [1.82, 2.24) is 9.88 Å². The van der Waals surface area contributed by atoms with Crippen molar-refractivity contribution in [3.63, 3.8) is 0 Å². The lowest BCUT2D eigenvalue weighted by Gasteiger charge is -2.34. The molecule has 140 valence electrons. The number of amides is 1. The molecule has 1 amide bonds. The molecule has 0 radical (unpaired) electrons. The van der Waals surface area contributed by atoms with Crippen LogP contribution in [-0.2, 0) is 11.0 Å². The fourth-order valence-corrected chi connectivity index (χ4v) is 3.59. The van der Waals surface area contributed by atoms with Gasteiger partial charge >= 0.3 is 6.18 Å². The van der Waals surface area contributed by atoms with E-state index in [-0.39, 0.29) is 12.5 Å². The highest BCUT2D eigenvalue weighted by Crippen LogP contribution is 2.33. The summed E-state index contributed by atoms with van der Waals surface area (Å²) < 4.78 is 37.9. The Labute approximate surface area is 157 Å². The molecule has 1 aliphatic heterocycles. The minimum Gasteiger partial charge on any atom is -0.346 e. The topological polar surface area (TPSA) is 48.5 Å². The third-order valence-corrected chi connectivity index (χ3v) is 5.07. The Kier molecular flexibility index (Phi) is 5.69. The number of anilines is 2. The maximum atomic E-state index is 12.6. The largest absolute Gasteiger partial charge is 0.434 e. The SMILES string of the molecule is O=C(CN1CCN(c2nc(C(F)(F)F)cs2)CC1)Nc1ccc(Cl)cc1. The van der Waals surface area contributed by atoms with Gasteiger partial charge in [0.05, 0.1) is 6.54 Å². The van der Waals surface area contributed by atoms with Gasteiger partial charge in [0.25, 0.3) is 0 Å². The van der Waals surface area contributed by atoms with Crippen LogP contribution in [0.15, 0.2) is 29.6 Å². The third-order valence-electron chi connectivity index (χ3n) is 3.92. The van der Waals surface area contributed by atoms with Crippen LogP contribution in [0.5, 0.6) is 0 Å². The van der Waals surface area contributed by atoms with Gasteiger partial charge in [-0.15, -0.1) is 11.3 Å². The van der Waals surface area contributed by atoms with E-state index in [1.54, 1.807) is 24.3 Å². The molecule has 1 saturated heterocycles. The van der Waals surface area contributed by atoms with Gasteiger partial charge in [0, 0.05) is 42.3 Å². The zero-order chi connectivity index (χ0) is 18.7. The van der Waals surface area contributed by atoms with Crippen LogP contribution in [0.2, 0.25) is 5.02 Å². The van der Waals surface area contributed by atoms with Crippen molar-refractivity contribution >= 4 is 39.7 Å². The Bertz CT molecular complexity index is 758. The minimum atomic E-state index is -4.42. The molecule has 5 nitrogen and oxygen atoms in total. The number of benzene rings is 1. The summed E-state index contributed by atoms with van der Waals surface area (Å²) in [5, 5.41) is 4.78. The van der Waals surface area contributed by atoms with E-state index in [1.165, 1.54) is 0 Å². The Balaban J connectivity index is 1.48. The van der Waals surface area contributed by atoms with E-state index in [4.69, 9.17) is 11.6 Å². The Morgan fingerprint density at radius 2 is 1.85 bits per heavy atom. The lowest BCUT2D eigenvalue weighted by molar-refractivity contribution is -0.140. The minimum absolute atomic E-state index is 0.144. The summed E-state index contributed by atoms with van der Waals surface area (Å²) in [6, 6.07) is 6.83. The second-order valence-corrected chi connectivity index (χ2v) is 7.10. The molecular weight excluding hydrogens is 389 g/mol. The van der Waals surface area contributed by atoms with Crippen LogP contribution in [0.1, 0.15) is 5.69 Å². The van der Waals surface area contributed by atoms with Crippen molar-refractivity contribution in [3.8, 4) is 0 Å². The molecule has 0 spiro atoms. The molecule has 1 aliphatic rings. The van der Waals surface area contributed by atoms with Gasteiger partial charge in [-0.2, -0.15) is 13.2 Å². The fraction of sp³-hybridized carbons (Fsp3) is 0.375. The number of thiazole rings is 1. The number of nitrogens with one attached hydrogen (secondary N) is 1. The first-order valence-electron chi connectivity index (χ1n) is 7.87. The van der Waals surface area contributed by atoms with Crippen LogP contribution < -0.4 is 10.2 Å². The number of carbonyl (C=O) groups is 1. The number of piperazine rings is 1. The number of nitrogens with zero attached hydrogens (tertiary/aromatic N) is 3. The van der Waals surface area contributed by atoms with Gasteiger partial charge in [0.15, 0.2) is 10.8 Å². The van der Waals surface area contributed by atoms with Crippen molar-refractivity contribution in [2.75, 3.05) is 42.9 Å². The van der Waals surface area contributed by atoms with Crippen LogP contribution in [-0.4, -0.2) is 48.5 Å². The summed E-state index contributed by atoms with van der Waals surface area (Å²) in [7, 11) is 0. The molecule has 1 aromatic heterocycles. The van der Waals surface area contributed by atoms with Crippen LogP contribution in [0.3, 0.4) is 0 Å². The van der Waals surface area contributed by atoms with E-state index < -0.39 is 11.9 Å². The smallest absolute Gasteiger partial charge is 0.346 e. The zero-order valence-electron chi connectivity index (χ0n) is 13.6. The van der Waals surface area contributed by atoms with Gasteiger partial charge in [-0.25, -0.2) is 4.98 Å². The molecule has 2 aromatic rings. The van der Waals surface area contributed by atoms with E-state index in [2.05, 4.69) is 10.3 Å². The summed E-state index contributed by atoms with van der Waals surface area (Å²) >= 11 is 6.79. The summed E-state index contributed by atoms with van der Waals surface area (Å²) in [5.74, 6) is -0.144. The van der Waals surface area contributed by atoms with E-state index in [9.17, 15) is 18.0 Å². The lowest BCUT2D eigenvalue weighted by atomic mass is 10.3. The van der Waals surface area contributed by atoms with E-state index in [0.29, 0.717) is 42.0 Å². The van der Waals surface area contributed by atoms with Crippen LogP contribution >= 0.6 is 22.9 Å². The molecule has 1 fully saturated rings. The van der Waals surface area contributed by atoms with Gasteiger partial charge in [0.2, 0.25) is 5.91 Å². The molecule has 26 heavy (non-hydrogen) atoms. The number of halogens is 4. The van der Waals surface area contributed by atoms with Crippen molar-refractivity contribution < 1.29 is 18.0 Å². The van der Waals surface area contributed by atoms with Gasteiger partial charge in [-0.05, 0) is 24.3 Å². The van der Waals surface area contributed by atoms with Gasteiger partial charge in [-0.3, -0.25) is 9.69 Å². The fourth-order valence-electron chi connectivity index (χ4n) is 2.57. The van der Waals surface area contributed by atoms with Crippen molar-refractivity contribution in [2.24, 2.45) is 0 Å². The van der Waals surface area contributed by atoms with Crippen LogP contribution in [0.4, 0.5) is 24.0 Å². The highest BCUT2D eigenvalue weighted by atomic mass is 35.5. The highest BCUT2D eigenvalue weighted by molar-refractivity contribution is 7.13. The molecule has 0 unspecified atom stereocenters. The zero-order valence-corrected chi connectivity index (χ0v) is 15.2. The van der Waals surface area contributed by atoms with Crippen LogP contribution in [0.25, 0.3) is 0 Å². The monoisotopic (exact) mass is 404 g/mol. The standard InChI is InChI=1S/C16H16ClF3N4OS/c17-11-1-3-12(4-2-11)21-14(25)9-23-5-7-24(8-6-23)15-22-13(10-26-15)16(18,19)20/h1-4,10H,5-9H2,(H,21,25). The average molecular weight is 405 g/mol.